The summed E-state index contributed by atoms with van der Waals surface area (Å²) in [6.07, 6.45) is 15.7. The highest BCUT2D eigenvalue weighted by Crippen LogP contribution is 2.31. The Morgan fingerprint density at radius 1 is 0.437 bits per heavy atom. The van der Waals surface area contributed by atoms with Crippen molar-refractivity contribution in [3.8, 4) is 105 Å². The maximum absolute atomic E-state index is 13.4. The molecule has 24 heteroatoms. The van der Waals surface area contributed by atoms with E-state index < -0.39 is 6.17 Å². The molecule has 1 unspecified atom stereocenters. The van der Waals surface area contributed by atoms with Gasteiger partial charge in [-0.2, -0.15) is 0 Å². The Morgan fingerprint density at radius 3 is 1.15 bits per heavy atom. The van der Waals surface area contributed by atoms with E-state index in [1.807, 2.05) is 201 Å². The average Bonchev–Trinajstić information content (AvgIpc) is 1.04. The molecule has 0 aliphatic carbocycles. The van der Waals surface area contributed by atoms with Crippen LogP contribution in [0.3, 0.4) is 0 Å². The molecule has 16 rings (SSSR count). The van der Waals surface area contributed by atoms with Gasteiger partial charge in [0.1, 0.15) is 57.8 Å². The van der Waals surface area contributed by atoms with Gasteiger partial charge in [-0.3, -0.25) is 15.0 Å². The number of rotatable bonds is 11. The molecule has 634 valence electrons. The SMILES string of the molecule is CCC(C)(C)Nc1ccc(C#Cc2csc(C)n2)cn1.CC[C@H](C)Nc1ccc(C#Cc2csc(C)n2)cn1.CSc1ccccc1-c1ccc(C#Cc2csc(C)n2)cn1.Cc1nc(C#Cc2ccc(-c3cccc(C)c3C)nc2)cs1.Cc1nc(C#Cc2ccc(-c3cccc(Cl)c3C)nc2)cs1.Cc1nc(C#Cc2ccc(N3CCCC(F)C3)nc2)cs1. The Balaban J connectivity index is 0.000000147. The van der Waals surface area contributed by atoms with Gasteiger partial charge >= 0.3 is 0 Å². The third kappa shape index (κ3) is 30.2. The zero-order valence-corrected chi connectivity index (χ0v) is 79.4. The third-order valence-corrected chi connectivity index (χ3v) is 25.0. The van der Waals surface area contributed by atoms with Crippen LogP contribution in [-0.2, 0) is 0 Å². The lowest BCUT2D eigenvalue weighted by atomic mass is 10.0. The maximum atomic E-state index is 13.4. The monoisotopic (exact) mass is 1810 g/mol. The normalized spacial score (nSPS) is 11.8. The van der Waals surface area contributed by atoms with E-state index >= 15 is 0 Å². The minimum atomic E-state index is -0.743. The number of aryl methyl sites for hydroxylation is 7. The summed E-state index contributed by atoms with van der Waals surface area (Å²) < 4.78 is 13.4. The minimum absolute atomic E-state index is 0.0539. The number of thiazole rings is 6. The van der Waals surface area contributed by atoms with E-state index in [0.29, 0.717) is 19.0 Å². The first-order valence-electron chi connectivity index (χ1n) is 40.7. The van der Waals surface area contributed by atoms with Crippen molar-refractivity contribution in [1.29, 1.82) is 0 Å². The Bertz CT molecular complexity index is 6350. The lowest BCUT2D eigenvalue weighted by Crippen LogP contribution is -2.36. The summed E-state index contributed by atoms with van der Waals surface area (Å²) in [6.45, 7) is 30.2. The van der Waals surface area contributed by atoms with Crippen LogP contribution in [0.25, 0.3) is 33.8 Å². The highest BCUT2D eigenvalue weighted by molar-refractivity contribution is 7.98. The van der Waals surface area contributed by atoms with E-state index in [1.54, 1.807) is 105 Å². The molecule has 1 aliphatic heterocycles. The van der Waals surface area contributed by atoms with E-state index in [4.69, 9.17) is 11.6 Å². The van der Waals surface area contributed by atoms with Crippen LogP contribution in [0.15, 0.2) is 208 Å². The summed E-state index contributed by atoms with van der Waals surface area (Å²) in [6, 6.07) is 44.6. The second kappa shape index (κ2) is 47.7. The van der Waals surface area contributed by atoms with Gasteiger partial charge in [-0.25, -0.2) is 49.2 Å². The molecule has 0 radical (unpaired) electrons. The van der Waals surface area contributed by atoms with Gasteiger partial charge in [0, 0.05) is 148 Å². The molecule has 0 spiro atoms. The smallest absolute Gasteiger partial charge is 0.128 e. The number of thioether (sulfide) groups is 1. The van der Waals surface area contributed by atoms with Gasteiger partial charge in [0.05, 0.1) is 53.7 Å². The number of anilines is 3. The number of piperidine rings is 1. The topological polar surface area (TPSA) is 182 Å². The summed E-state index contributed by atoms with van der Waals surface area (Å²) in [5.74, 6) is 39.4. The lowest BCUT2D eigenvalue weighted by Gasteiger charge is -2.29. The highest BCUT2D eigenvalue weighted by atomic mass is 35.5. The first-order valence-corrected chi connectivity index (χ1v) is 47.6. The number of alkyl halides is 1. The Kier molecular flexibility index (Phi) is 35.7. The van der Waals surface area contributed by atoms with Crippen LogP contribution in [-0.4, -0.2) is 96.9 Å². The molecule has 2 atom stereocenters. The van der Waals surface area contributed by atoms with Crippen molar-refractivity contribution in [2.75, 3.05) is 34.9 Å². The molecule has 3 aromatic carbocycles. The van der Waals surface area contributed by atoms with Crippen LogP contribution in [0.1, 0.15) is 175 Å². The molecular formula is C102H95ClFN15S7. The predicted octanol–water partition coefficient (Wildman–Crippen LogP) is 24.5. The number of nitrogens with zero attached hydrogens (tertiary/aromatic N) is 13. The molecule has 12 aromatic heterocycles. The van der Waals surface area contributed by atoms with Crippen molar-refractivity contribution in [3.63, 3.8) is 0 Å². The van der Waals surface area contributed by atoms with Crippen LogP contribution in [0.5, 0.6) is 0 Å². The van der Waals surface area contributed by atoms with Crippen LogP contribution in [0, 0.1) is 133 Å². The summed E-state index contributed by atoms with van der Waals surface area (Å²) in [7, 11) is 0. The number of hydrogen-bond donors (Lipinski definition) is 2. The van der Waals surface area contributed by atoms with Crippen molar-refractivity contribution >= 4 is 109 Å². The largest absolute Gasteiger partial charge is 0.368 e. The number of halogens is 2. The molecule has 1 fully saturated rings. The Morgan fingerprint density at radius 2 is 0.802 bits per heavy atom. The van der Waals surface area contributed by atoms with E-state index in [2.05, 4.69) is 227 Å². The van der Waals surface area contributed by atoms with E-state index in [-0.39, 0.29) is 5.54 Å². The minimum Gasteiger partial charge on any atom is -0.368 e. The van der Waals surface area contributed by atoms with Gasteiger partial charge in [-0.15, -0.1) is 79.8 Å². The van der Waals surface area contributed by atoms with Crippen molar-refractivity contribution < 1.29 is 4.39 Å². The Labute approximate surface area is 773 Å². The molecule has 1 saturated heterocycles. The molecule has 0 saturated carbocycles. The fourth-order valence-electron chi connectivity index (χ4n) is 11.7. The molecule has 0 bridgehead atoms. The van der Waals surface area contributed by atoms with Crippen LogP contribution < -0.4 is 15.5 Å². The van der Waals surface area contributed by atoms with Gasteiger partial charge < -0.3 is 15.5 Å². The first-order chi connectivity index (χ1) is 60.9. The van der Waals surface area contributed by atoms with Crippen molar-refractivity contribution in [1.82, 2.24) is 59.8 Å². The fraction of sp³-hybridized carbons (Fsp3) is 0.235. The molecule has 2 N–H and O–H groups in total. The van der Waals surface area contributed by atoms with Crippen LogP contribution >= 0.6 is 91.4 Å². The van der Waals surface area contributed by atoms with Crippen LogP contribution in [0.4, 0.5) is 21.8 Å². The van der Waals surface area contributed by atoms with E-state index in [9.17, 15) is 4.39 Å². The molecule has 15 aromatic rings. The van der Waals surface area contributed by atoms with Crippen LogP contribution in [0.2, 0.25) is 5.02 Å². The number of hydrogen-bond acceptors (Lipinski definition) is 22. The zero-order chi connectivity index (χ0) is 89.3. The standard InChI is InChI=1S/C19H16N2S.C18H13ClN2S.C18H14N2S2.C16H16FN3S.C16H19N3S.C15H17N3S/c1-13-5-4-6-18(14(13)2)19-10-8-16(11-20-19)7-9-17-12-22-15(3)21-17;1-12-16(4-3-5-17(12)19)18-9-7-14(10-20-18)6-8-15-11-22-13(2)21-15;1-13-20-15(12-22-13)9-7-14-8-10-17(19-11-14)16-5-3-4-6-18(16)21-2;1-12-19-15(11-21-12)6-4-13-5-7-16(18-9-13)20-8-2-3-14(17)10-20;1-5-16(3,4)19-15-9-7-13(10-17-15)6-8-14-11-20-12(2)18-14;1-4-11(2)17-15-8-6-13(9-16-15)5-7-14-10-19-12(3)18-14/h4-6,8,10-12H,1-3H3;3-5,7,9-11H,1-2H3;3-6,8,10-12H,1-2H3;5,7,9,11,14H,2-3,8,10H2,1H3;7,9-11H,5H2,1-4H3,(H,17,19);6,8-11H,4H2,1-3H3,(H,16,17)/t;;;;;11-/m.....0/s1. The number of benzene rings is 3. The lowest BCUT2D eigenvalue weighted by molar-refractivity contribution is 0.286. The molecule has 1 aliphatic rings. The molecular weight excluding hydrogens is 1710 g/mol. The summed E-state index contributed by atoms with van der Waals surface area (Å²) in [4.78, 5) is 55.9. The van der Waals surface area contributed by atoms with Gasteiger partial charge in [-0.1, -0.05) is 110 Å². The molecule has 0 amide bonds. The number of nitrogens with one attached hydrogen (secondary N) is 2. The number of pyridine rings is 6. The van der Waals surface area contributed by atoms with Crippen molar-refractivity contribution in [2.24, 2.45) is 0 Å². The molecule has 126 heavy (non-hydrogen) atoms. The summed E-state index contributed by atoms with van der Waals surface area (Å²) in [5.41, 5.74) is 20.1. The first kappa shape index (κ1) is 94.3. The quantitative estimate of drug-likeness (QED) is 0.0921. The second-order valence-corrected chi connectivity index (χ2v) is 37.1. The maximum Gasteiger partial charge on any atom is 0.128 e. The predicted molar refractivity (Wildman–Crippen MR) is 527 cm³/mol. The highest BCUT2D eigenvalue weighted by Gasteiger charge is 2.21. The van der Waals surface area contributed by atoms with Crippen molar-refractivity contribution in [3.05, 3.63) is 322 Å². The van der Waals surface area contributed by atoms with E-state index in [0.717, 1.165) is 180 Å². The second-order valence-electron chi connectivity index (χ2n) is 29.4. The van der Waals surface area contributed by atoms with Crippen molar-refractivity contribution in [2.45, 2.75) is 145 Å². The van der Waals surface area contributed by atoms with E-state index in [1.165, 1.54) is 21.6 Å². The zero-order valence-electron chi connectivity index (χ0n) is 73.0. The Hall–Kier alpha value is -12.3. The number of aromatic nitrogens is 12. The van der Waals surface area contributed by atoms with Gasteiger partial charge in [0.2, 0.25) is 0 Å². The van der Waals surface area contributed by atoms with Gasteiger partial charge in [0.25, 0.3) is 0 Å². The average molecular weight is 1810 g/mol. The van der Waals surface area contributed by atoms with Gasteiger partial charge in [0.15, 0.2) is 0 Å². The fourth-order valence-corrected chi connectivity index (χ4v) is 15.7. The summed E-state index contributed by atoms with van der Waals surface area (Å²) >= 11 is 17.5. The molecule has 13 heterocycles. The molecule has 15 nitrogen and oxygen atoms in total. The third-order valence-electron chi connectivity index (χ3n) is 19.1. The summed E-state index contributed by atoms with van der Waals surface area (Å²) in [5, 5.41) is 25.4. The van der Waals surface area contributed by atoms with Gasteiger partial charge in [-0.05, 0) is 252 Å².